The van der Waals surface area contributed by atoms with Gasteiger partial charge in [0, 0.05) is 18.7 Å². The van der Waals surface area contributed by atoms with Gasteiger partial charge in [0.05, 0.1) is 21.7 Å². The molecular formula is C13H14Cl3NO3. The third-order valence-electron chi connectivity index (χ3n) is 2.97. The predicted molar refractivity (Wildman–Crippen MR) is 78.8 cm³/mol. The molecular weight excluding hydrogens is 325 g/mol. The normalized spacial score (nSPS) is 14.2. The molecule has 7 heteroatoms. The summed E-state index contributed by atoms with van der Waals surface area (Å²) in [5.74, 6) is 0.137. The standard InChI is InChI=1S/C13H14Cl3NO3/c14-9-5-11(16)12(6-10(9)15)20-7-13(19)17(3-4-18)8-1-2-8/h5-6,8,18H,1-4,7H2. The summed E-state index contributed by atoms with van der Waals surface area (Å²) < 4.78 is 5.39. The first-order valence-corrected chi connectivity index (χ1v) is 7.34. The van der Waals surface area contributed by atoms with Crippen LogP contribution in [0.4, 0.5) is 0 Å². The van der Waals surface area contributed by atoms with Crippen LogP contribution >= 0.6 is 34.8 Å². The Hall–Kier alpha value is -0.680. The summed E-state index contributed by atoms with van der Waals surface area (Å²) in [6, 6.07) is 3.17. The van der Waals surface area contributed by atoms with Gasteiger partial charge in [-0.25, -0.2) is 0 Å². The minimum absolute atomic E-state index is 0.0598. The average Bonchev–Trinajstić information content (AvgIpc) is 3.22. The Balaban J connectivity index is 1.97. The second-order valence-corrected chi connectivity index (χ2v) is 5.75. The van der Waals surface area contributed by atoms with Gasteiger partial charge in [0.25, 0.3) is 5.91 Å². The van der Waals surface area contributed by atoms with Gasteiger partial charge in [-0.15, -0.1) is 0 Å². The van der Waals surface area contributed by atoms with E-state index in [0.717, 1.165) is 12.8 Å². The maximum Gasteiger partial charge on any atom is 0.260 e. The molecule has 0 heterocycles. The van der Waals surface area contributed by atoms with Crippen molar-refractivity contribution in [2.24, 2.45) is 0 Å². The summed E-state index contributed by atoms with van der Waals surface area (Å²) in [6.45, 7) is 0.117. The molecule has 1 fully saturated rings. The van der Waals surface area contributed by atoms with Crippen molar-refractivity contribution in [3.05, 3.63) is 27.2 Å². The number of aliphatic hydroxyl groups is 1. The molecule has 0 aliphatic heterocycles. The Kier molecular flexibility index (Phi) is 5.38. The molecule has 0 atom stereocenters. The minimum atomic E-state index is -0.177. The summed E-state index contributed by atoms with van der Waals surface area (Å²) in [6.07, 6.45) is 1.94. The van der Waals surface area contributed by atoms with Crippen molar-refractivity contribution in [1.82, 2.24) is 4.90 Å². The smallest absolute Gasteiger partial charge is 0.260 e. The number of carbonyl (C=O) groups excluding carboxylic acids is 1. The molecule has 110 valence electrons. The van der Waals surface area contributed by atoms with Crippen LogP contribution < -0.4 is 4.74 Å². The van der Waals surface area contributed by atoms with E-state index >= 15 is 0 Å². The number of aliphatic hydroxyl groups excluding tert-OH is 1. The van der Waals surface area contributed by atoms with Crippen LogP contribution in [0.5, 0.6) is 5.75 Å². The molecule has 1 aromatic carbocycles. The molecule has 0 aromatic heterocycles. The first-order valence-electron chi connectivity index (χ1n) is 6.20. The molecule has 20 heavy (non-hydrogen) atoms. The highest BCUT2D eigenvalue weighted by atomic mass is 35.5. The summed E-state index contributed by atoms with van der Waals surface area (Å²) in [5.41, 5.74) is 0. The number of ether oxygens (including phenoxy) is 1. The largest absolute Gasteiger partial charge is 0.482 e. The second kappa shape index (κ2) is 6.85. The molecule has 1 aliphatic rings. The van der Waals surface area contributed by atoms with E-state index in [1.165, 1.54) is 12.1 Å². The van der Waals surface area contributed by atoms with Crippen LogP contribution in [0.3, 0.4) is 0 Å². The highest BCUT2D eigenvalue weighted by Crippen LogP contribution is 2.34. The highest BCUT2D eigenvalue weighted by molar-refractivity contribution is 6.43. The molecule has 4 nitrogen and oxygen atoms in total. The van der Waals surface area contributed by atoms with Crippen LogP contribution in [0.15, 0.2) is 12.1 Å². The van der Waals surface area contributed by atoms with Gasteiger partial charge in [0.1, 0.15) is 5.75 Å². The van der Waals surface area contributed by atoms with Gasteiger partial charge < -0.3 is 14.7 Å². The monoisotopic (exact) mass is 337 g/mol. The fraction of sp³-hybridized carbons (Fsp3) is 0.462. The Morgan fingerprint density at radius 2 is 1.90 bits per heavy atom. The topological polar surface area (TPSA) is 49.8 Å². The van der Waals surface area contributed by atoms with Crippen LogP contribution in [0.1, 0.15) is 12.8 Å². The van der Waals surface area contributed by atoms with Crippen LogP contribution in [0, 0.1) is 0 Å². The number of hydrogen-bond acceptors (Lipinski definition) is 3. The van der Waals surface area contributed by atoms with Crippen LogP contribution in [0.2, 0.25) is 15.1 Å². The molecule has 1 saturated carbocycles. The molecule has 1 amide bonds. The number of halogens is 3. The SMILES string of the molecule is O=C(COc1cc(Cl)c(Cl)cc1Cl)N(CCO)C1CC1. The van der Waals surface area contributed by atoms with Crippen molar-refractivity contribution < 1.29 is 14.6 Å². The van der Waals surface area contributed by atoms with E-state index in [-0.39, 0.29) is 25.2 Å². The van der Waals surface area contributed by atoms with E-state index in [2.05, 4.69) is 0 Å². The molecule has 0 unspecified atom stereocenters. The Bertz CT molecular complexity index is 506. The van der Waals surface area contributed by atoms with Crippen molar-refractivity contribution >= 4 is 40.7 Å². The second-order valence-electron chi connectivity index (χ2n) is 4.53. The van der Waals surface area contributed by atoms with E-state index in [1.54, 1.807) is 4.90 Å². The number of hydrogen-bond donors (Lipinski definition) is 1. The van der Waals surface area contributed by atoms with Crippen LogP contribution in [0.25, 0.3) is 0 Å². The summed E-state index contributed by atoms with van der Waals surface area (Å²) in [7, 11) is 0. The van der Waals surface area contributed by atoms with E-state index in [4.69, 9.17) is 44.6 Å². The zero-order valence-corrected chi connectivity index (χ0v) is 12.9. The number of carbonyl (C=O) groups is 1. The maximum absolute atomic E-state index is 12.0. The Morgan fingerprint density at radius 1 is 1.25 bits per heavy atom. The van der Waals surface area contributed by atoms with Gasteiger partial charge >= 0.3 is 0 Å². The third kappa shape index (κ3) is 3.92. The number of nitrogens with zero attached hydrogens (tertiary/aromatic N) is 1. The first kappa shape index (κ1) is 15.7. The molecule has 1 aliphatic carbocycles. The third-order valence-corrected chi connectivity index (χ3v) is 3.99. The van der Waals surface area contributed by atoms with Gasteiger partial charge in [-0.2, -0.15) is 0 Å². The molecule has 0 radical (unpaired) electrons. The number of amides is 1. The van der Waals surface area contributed by atoms with E-state index in [9.17, 15) is 4.79 Å². The van der Waals surface area contributed by atoms with E-state index < -0.39 is 0 Å². The molecule has 0 saturated heterocycles. The van der Waals surface area contributed by atoms with Crippen LogP contribution in [-0.2, 0) is 4.79 Å². The molecule has 1 N–H and O–H groups in total. The predicted octanol–water partition coefficient (Wildman–Crippen LogP) is 3.01. The lowest BCUT2D eigenvalue weighted by Crippen LogP contribution is -2.38. The number of benzene rings is 1. The van der Waals surface area contributed by atoms with E-state index in [1.807, 2.05) is 0 Å². The van der Waals surface area contributed by atoms with Gasteiger partial charge in [0.15, 0.2) is 6.61 Å². The lowest BCUT2D eigenvalue weighted by Gasteiger charge is -2.21. The molecule has 0 bridgehead atoms. The van der Waals surface area contributed by atoms with Gasteiger partial charge in [-0.3, -0.25) is 4.79 Å². The van der Waals surface area contributed by atoms with Crippen molar-refractivity contribution in [3.8, 4) is 5.75 Å². The molecule has 1 aromatic rings. The Labute approximate surface area is 132 Å². The van der Waals surface area contributed by atoms with Crippen molar-refractivity contribution in [2.75, 3.05) is 19.8 Å². The number of rotatable bonds is 6. The quantitative estimate of drug-likeness (QED) is 0.811. The van der Waals surface area contributed by atoms with Gasteiger partial charge in [-0.1, -0.05) is 34.8 Å². The average molecular weight is 339 g/mol. The lowest BCUT2D eigenvalue weighted by atomic mass is 10.3. The summed E-state index contributed by atoms with van der Waals surface area (Å²) in [5, 5.41) is 9.91. The van der Waals surface area contributed by atoms with Crippen molar-refractivity contribution in [2.45, 2.75) is 18.9 Å². The van der Waals surface area contributed by atoms with E-state index in [0.29, 0.717) is 27.4 Å². The van der Waals surface area contributed by atoms with Crippen molar-refractivity contribution in [3.63, 3.8) is 0 Å². The van der Waals surface area contributed by atoms with Gasteiger partial charge in [-0.05, 0) is 18.9 Å². The van der Waals surface area contributed by atoms with Crippen LogP contribution in [-0.4, -0.2) is 41.7 Å². The lowest BCUT2D eigenvalue weighted by molar-refractivity contribution is -0.134. The zero-order chi connectivity index (χ0) is 14.7. The Morgan fingerprint density at radius 3 is 2.50 bits per heavy atom. The summed E-state index contributed by atoms with van der Waals surface area (Å²) >= 11 is 17.7. The zero-order valence-electron chi connectivity index (χ0n) is 10.6. The maximum atomic E-state index is 12.0. The van der Waals surface area contributed by atoms with Crippen molar-refractivity contribution in [1.29, 1.82) is 0 Å². The highest BCUT2D eigenvalue weighted by Gasteiger charge is 2.32. The molecule has 0 spiro atoms. The first-order chi connectivity index (χ1) is 9.52. The fourth-order valence-corrected chi connectivity index (χ4v) is 2.43. The fourth-order valence-electron chi connectivity index (χ4n) is 1.84. The van der Waals surface area contributed by atoms with Gasteiger partial charge in [0.2, 0.25) is 0 Å². The molecule has 2 rings (SSSR count). The minimum Gasteiger partial charge on any atom is -0.482 e. The summed E-state index contributed by atoms with van der Waals surface area (Å²) in [4.78, 5) is 13.7.